The second-order valence-electron chi connectivity index (χ2n) is 8.00. The van der Waals surface area contributed by atoms with Gasteiger partial charge in [0.1, 0.15) is 0 Å². The molecule has 8 nitrogen and oxygen atoms in total. The van der Waals surface area contributed by atoms with Gasteiger partial charge in [0.15, 0.2) is 5.69 Å². The molecule has 1 aliphatic rings. The number of nitrogens with one attached hydrogen (secondary N) is 1. The fourth-order valence-electron chi connectivity index (χ4n) is 4.43. The maximum Gasteiger partial charge on any atom is 0.356 e. The first kappa shape index (κ1) is 21.8. The van der Waals surface area contributed by atoms with Gasteiger partial charge in [0.25, 0.3) is 0 Å². The summed E-state index contributed by atoms with van der Waals surface area (Å²) >= 11 is 0. The van der Waals surface area contributed by atoms with Gasteiger partial charge >= 0.3 is 11.9 Å². The number of fused-ring (bicyclic) bond motifs is 3. The van der Waals surface area contributed by atoms with E-state index in [0.29, 0.717) is 23.8 Å². The van der Waals surface area contributed by atoms with Gasteiger partial charge in [0.2, 0.25) is 5.95 Å². The van der Waals surface area contributed by atoms with E-state index >= 15 is 0 Å². The van der Waals surface area contributed by atoms with E-state index in [4.69, 9.17) is 9.47 Å². The molecule has 8 heteroatoms. The normalized spacial score (nSPS) is 13.0. The number of benzene rings is 1. The van der Waals surface area contributed by atoms with Gasteiger partial charge in [-0.15, -0.1) is 0 Å². The van der Waals surface area contributed by atoms with Gasteiger partial charge in [-0.25, -0.2) is 19.6 Å². The molecule has 1 N–H and O–H groups in total. The van der Waals surface area contributed by atoms with Crippen LogP contribution >= 0.6 is 0 Å². The predicted molar refractivity (Wildman–Crippen MR) is 121 cm³/mol. The van der Waals surface area contributed by atoms with Crippen LogP contribution in [0, 0.1) is 6.92 Å². The molecular formula is C24H28N4O4. The molecule has 1 aliphatic carbocycles. The molecule has 0 aliphatic heterocycles. The number of methoxy groups -OCH3 is 2. The van der Waals surface area contributed by atoms with Crippen LogP contribution in [0.15, 0.2) is 24.3 Å². The number of carbonyl (C=O) groups is 2. The van der Waals surface area contributed by atoms with Crippen molar-refractivity contribution >= 4 is 28.8 Å². The molecule has 0 spiro atoms. The van der Waals surface area contributed by atoms with Crippen molar-refractivity contribution in [3.8, 4) is 0 Å². The van der Waals surface area contributed by atoms with Crippen molar-refractivity contribution in [3.05, 3.63) is 52.5 Å². The lowest BCUT2D eigenvalue weighted by molar-refractivity contribution is 0.0588. The molecule has 32 heavy (non-hydrogen) atoms. The van der Waals surface area contributed by atoms with Crippen LogP contribution in [0.2, 0.25) is 0 Å². The first-order chi connectivity index (χ1) is 15.5. The van der Waals surface area contributed by atoms with Gasteiger partial charge in [-0.3, -0.25) is 0 Å². The molecule has 0 saturated heterocycles. The molecule has 0 saturated carbocycles. The van der Waals surface area contributed by atoms with Crippen LogP contribution in [0.4, 0.5) is 5.95 Å². The average molecular weight is 437 g/mol. The van der Waals surface area contributed by atoms with E-state index in [-0.39, 0.29) is 11.7 Å². The van der Waals surface area contributed by atoms with E-state index < -0.39 is 5.97 Å². The largest absolute Gasteiger partial charge is 0.465 e. The van der Waals surface area contributed by atoms with Crippen molar-refractivity contribution in [1.29, 1.82) is 0 Å². The Bertz CT molecular complexity index is 1170. The Kier molecular flexibility index (Phi) is 6.39. The van der Waals surface area contributed by atoms with Crippen LogP contribution in [-0.4, -0.2) is 47.2 Å². The van der Waals surface area contributed by atoms with E-state index in [1.165, 1.54) is 38.3 Å². The number of aryl methyl sites for hydroxylation is 3. The van der Waals surface area contributed by atoms with E-state index in [1.54, 1.807) is 6.07 Å². The van der Waals surface area contributed by atoms with Crippen molar-refractivity contribution < 1.29 is 19.1 Å². The third kappa shape index (κ3) is 4.30. The van der Waals surface area contributed by atoms with Crippen LogP contribution in [-0.2, 0) is 28.9 Å². The van der Waals surface area contributed by atoms with Crippen LogP contribution < -0.4 is 5.32 Å². The maximum atomic E-state index is 12.0. The SMILES string of the molecule is COC(=O)c1ccc2c(c1)c1c(n2CCCNc2nc(C)cc(C(=O)OC)n2)CCCC1. The summed E-state index contributed by atoms with van der Waals surface area (Å²) in [5, 5.41) is 4.38. The molecule has 0 atom stereocenters. The van der Waals surface area contributed by atoms with Crippen LogP contribution in [0.1, 0.15) is 57.1 Å². The van der Waals surface area contributed by atoms with Gasteiger partial charge in [0, 0.05) is 35.4 Å². The molecule has 0 amide bonds. The lowest BCUT2D eigenvalue weighted by atomic mass is 9.95. The number of aromatic nitrogens is 3. The highest BCUT2D eigenvalue weighted by Crippen LogP contribution is 2.33. The zero-order valence-corrected chi connectivity index (χ0v) is 18.7. The molecule has 1 aromatic carbocycles. The quantitative estimate of drug-likeness (QED) is 0.446. The molecule has 0 fully saturated rings. The van der Waals surface area contributed by atoms with Crippen LogP contribution in [0.25, 0.3) is 10.9 Å². The van der Waals surface area contributed by atoms with Crippen molar-refractivity contribution in [3.63, 3.8) is 0 Å². The second-order valence-corrected chi connectivity index (χ2v) is 8.00. The monoisotopic (exact) mass is 436 g/mol. The summed E-state index contributed by atoms with van der Waals surface area (Å²) in [6, 6.07) is 7.44. The lowest BCUT2D eigenvalue weighted by Crippen LogP contribution is -2.14. The molecule has 3 aromatic rings. The summed E-state index contributed by atoms with van der Waals surface area (Å²) in [4.78, 5) is 32.4. The van der Waals surface area contributed by atoms with E-state index in [1.807, 2.05) is 25.1 Å². The summed E-state index contributed by atoms with van der Waals surface area (Å²) in [5.41, 5.74) is 5.42. The smallest absolute Gasteiger partial charge is 0.356 e. The Morgan fingerprint density at radius 3 is 2.62 bits per heavy atom. The molecule has 2 heterocycles. The zero-order valence-electron chi connectivity index (χ0n) is 18.7. The number of carbonyl (C=O) groups excluding carboxylic acids is 2. The Hall–Kier alpha value is -3.42. The van der Waals surface area contributed by atoms with Gasteiger partial charge in [-0.2, -0.15) is 0 Å². The fraction of sp³-hybridized carbons (Fsp3) is 0.417. The Labute approximate surface area is 187 Å². The number of anilines is 1. The molecule has 168 valence electrons. The highest BCUT2D eigenvalue weighted by molar-refractivity contribution is 5.96. The number of rotatable bonds is 7. The topological polar surface area (TPSA) is 95.3 Å². The summed E-state index contributed by atoms with van der Waals surface area (Å²) in [5.74, 6) is -0.360. The van der Waals surface area contributed by atoms with E-state index in [9.17, 15) is 9.59 Å². The maximum absolute atomic E-state index is 12.0. The Morgan fingerprint density at radius 2 is 1.84 bits per heavy atom. The summed E-state index contributed by atoms with van der Waals surface area (Å²) in [7, 11) is 2.75. The third-order valence-corrected chi connectivity index (χ3v) is 5.89. The standard InChI is InChI=1S/C24H28N4O4/c1-15-13-19(23(30)32-3)27-24(26-15)25-11-6-12-28-20-8-5-4-7-17(20)18-14-16(22(29)31-2)9-10-21(18)28/h9-10,13-14H,4-8,11-12H2,1-3H3,(H,25,26,27). The van der Waals surface area contributed by atoms with E-state index in [0.717, 1.165) is 36.7 Å². The summed E-state index contributed by atoms with van der Waals surface area (Å²) in [6.45, 7) is 3.32. The Balaban J connectivity index is 1.51. The minimum absolute atomic E-state index is 0.245. The number of hydrogen-bond donors (Lipinski definition) is 1. The van der Waals surface area contributed by atoms with Gasteiger partial charge in [-0.05, 0) is 68.9 Å². The van der Waals surface area contributed by atoms with Crippen LogP contribution in [0.3, 0.4) is 0 Å². The average Bonchev–Trinajstić information content (AvgIpc) is 3.13. The molecule has 2 aromatic heterocycles. The molecule has 4 rings (SSSR count). The van der Waals surface area contributed by atoms with Gasteiger partial charge < -0.3 is 19.4 Å². The van der Waals surface area contributed by atoms with E-state index in [2.05, 4.69) is 19.9 Å². The lowest BCUT2D eigenvalue weighted by Gasteiger charge is -2.16. The molecule has 0 bridgehead atoms. The van der Waals surface area contributed by atoms with Crippen molar-refractivity contribution in [2.24, 2.45) is 0 Å². The van der Waals surface area contributed by atoms with Gasteiger partial charge in [-0.1, -0.05) is 0 Å². The summed E-state index contributed by atoms with van der Waals surface area (Å²) < 4.78 is 12.0. The fourth-order valence-corrected chi connectivity index (χ4v) is 4.43. The third-order valence-electron chi connectivity index (χ3n) is 5.89. The zero-order chi connectivity index (χ0) is 22.7. The number of ether oxygens (including phenoxy) is 2. The first-order valence-corrected chi connectivity index (χ1v) is 10.9. The Morgan fingerprint density at radius 1 is 1.06 bits per heavy atom. The first-order valence-electron chi connectivity index (χ1n) is 10.9. The number of nitrogens with zero attached hydrogens (tertiary/aromatic N) is 3. The molecular weight excluding hydrogens is 408 g/mol. The second kappa shape index (κ2) is 9.38. The highest BCUT2D eigenvalue weighted by atomic mass is 16.5. The van der Waals surface area contributed by atoms with Crippen molar-refractivity contribution in [2.45, 2.75) is 45.6 Å². The molecule has 0 radical (unpaired) electrons. The minimum atomic E-state index is -0.477. The molecule has 0 unspecified atom stereocenters. The highest BCUT2D eigenvalue weighted by Gasteiger charge is 2.21. The van der Waals surface area contributed by atoms with Gasteiger partial charge in [0.05, 0.1) is 19.8 Å². The van der Waals surface area contributed by atoms with Crippen molar-refractivity contribution in [1.82, 2.24) is 14.5 Å². The number of hydrogen-bond acceptors (Lipinski definition) is 7. The predicted octanol–water partition coefficient (Wildman–Crippen LogP) is 3.69. The van der Waals surface area contributed by atoms with Crippen LogP contribution in [0.5, 0.6) is 0 Å². The van der Waals surface area contributed by atoms with Crippen molar-refractivity contribution in [2.75, 3.05) is 26.1 Å². The summed E-state index contributed by atoms with van der Waals surface area (Å²) in [6.07, 6.45) is 5.30. The minimum Gasteiger partial charge on any atom is -0.465 e. The number of esters is 2.